The Hall–Kier alpha value is -1.67. The molecule has 0 saturated carbocycles. The van der Waals surface area contributed by atoms with Crippen LogP contribution in [0.1, 0.15) is 21.5 Å². The van der Waals surface area contributed by atoms with Gasteiger partial charge in [0.05, 0.1) is 5.56 Å². The second-order valence-electron chi connectivity index (χ2n) is 4.21. The van der Waals surface area contributed by atoms with E-state index in [-0.39, 0.29) is 17.8 Å². The summed E-state index contributed by atoms with van der Waals surface area (Å²) in [5.41, 5.74) is 2.00. The molecule has 0 heterocycles. The molecule has 0 aliphatic rings. The Balaban J connectivity index is 2.24. The lowest BCUT2D eigenvalue weighted by Gasteiger charge is -2.04. The van der Waals surface area contributed by atoms with Crippen LogP contribution < -0.4 is 0 Å². The number of halogens is 2. The molecule has 0 atom stereocenters. The molecular formula is C15H12ClFO. The van der Waals surface area contributed by atoms with Gasteiger partial charge in [-0.3, -0.25) is 4.79 Å². The third-order valence-corrected chi connectivity index (χ3v) is 2.91. The molecule has 0 aliphatic carbocycles. The summed E-state index contributed by atoms with van der Waals surface area (Å²) in [6.45, 7) is 1.95. The van der Waals surface area contributed by atoms with E-state index in [0.29, 0.717) is 5.02 Å². The zero-order valence-corrected chi connectivity index (χ0v) is 10.7. The van der Waals surface area contributed by atoms with Gasteiger partial charge in [0, 0.05) is 11.4 Å². The number of carbonyl (C=O) groups is 1. The predicted octanol–water partition coefficient (Wildman–Crippen LogP) is 4.21. The number of hydrogen-bond acceptors (Lipinski definition) is 1. The van der Waals surface area contributed by atoms with Gasteiger partial charge < -0.3 is 0 Å². The summed E-state index contributed by atoms with van der Waals surface area (Å²) in [7, 11) is 0. The zero-order chi connectivity index (χ0) is 13.1. The van der Waals surface area contributed by atoms with Gasteiger partial charge >= 0.3 is 0 Å². The van der Waals surface area contributed by atoms with Crippen molar-refractivity contribution in [1.82, 2.24) is 0 Å². The Morgan fingerprint density at radius 1 is 1.22 bits per heavy atom. The number of rotatable bonds is 3. The largest absolute Gasteiger partial charge is 0.294 e. The fourth-order valence-corrected chi connectivity index (χ4v) is 1.99. The molecule has 2 aromatic carbocycles. The highest BCUT2D eigenvalue weighted by atomic mass is 35.5. The van der Waals surface area contributed by atoms with Gasteiger partial charge in [-0.15, -0.1) is 0 Å². The molecule has 0 amide bonds. The standard InChI is InChI=1S/C15H12ClFO/c1-10-3-2-4-11(7-10)8-15(18)13-9-12(16)5-6-14(13)17/h2-7,9H,8H2,1H3. The Bertz CT molecular complexity index is 593. The van der Waals surface area contributed by atoms with Gasteiger partial charge in [-0.2, -0.15) is 0 Å². The van der Waals surface area contributed by atoms with Crippen LogP contribution in [0.2, 0.25) is 5.02 Å². The third-order valence-electron chi connectivity index (χ3n) is 2.68. The normalized spacial score (nSPS) is 10.4. The number of aryl methyl sites for hydroxylation is 1. The minimum Gasteiger partial charge on any atom is -0.294 e. The fourth-order valence-electron chi connectivity index (χ4n) is 1.81. The van der Waals surface area contributed by atoms with E-state index in [4.69, 9.17) is 11.6 Å². The van der Waals surface area contributed by atoms with Crippen LogP contribution in [0.4, 0.5) is 4.39 Å². The summed E-state index contributed by atoms with van der Waals surface area (Å²) in [6, 6.07) is 11.6. The van der Waals surface area contributed by atoms with E-state index in [1.54, 1.807) is 0 Å². The van der Waals surface area contributed by atoms with Gasteiger partial charge in [-0.05, 0) is 30.7 Å². The molecule has 2 aromatic rings. The van der Waals surface area contributed by atoms with Gasteiger partial charge in [0.25, 0.3) is 0 Å². The number of hydrogen-bond donors (Lipinski definition) is 0. The quantitative estimate of drug-likeness (QED) is 0.757. The Morgan fingerprint density at radius 3 is 2.72 bits per heavy atom. The van der Waals surface area contributed by atoms with Gasteiger partial charge in [0.2, 0.25) is 0 Å². The number of ketones is 1. The monoisotopic (exact) mass is 262 g/mol. The van der Waals surface area contributed by atoms with Crippen molar-refractivity contribution < 1.29 is 9.18 Å². The van der Waals surface area contributed by atoms with E-state index >= 15 is 0 Å². The van der Waals surface area contributed by atoms with Gasteiger partial charge in [-0.1, -0.05) is 41.4 Å². The van der Waals surface area contributed by atoms with Crippen molar-refractivity contribution in [2.75, 3.05) is 0 Å². The van der Waals surface area contributed by atoms with Gasteiger partial charge in [-0.25, -0.2) is 4.39 Å². The van der Waals surface area contributed by atoms with Crippen LogP contribution in [0.25, 0.3) is 0 Å². The summed E-state index contributed by atoms with van der Waals surface area (Å²) in [6.07, 6.45) is 0.180. The summed E-state index contributed by atoms with van der Waals surface area (Å²) in [5, 5.41) is 0.365. The lowest BCUT2D eigenvalue weighted by atomic mass is 10.0. The molecule has 92 valence electrons. The molecule has 18 heavy (non-hydrogen) atoms. The Morgan fingerprint density at radius 2 is 2.00 bits per heavy atom. The summed E-state index contributed by atoms with van der Waals surface area (Å²) in [4.78, 5) is 12.0. The average molecular weight is 263 g/mol. The maximum Gasteiger partial charge on any atom is 0.170 e. The molecular weight excluding hydrogens is 251 g/mol. The van der Waals surface area contributed by atoms with Crippen molar-refractivity contribution in [2.45, 2.75) is 13.3 Å². The molecule has 0 radical (unpaired) electrons. The fraction of sp³-hybridized carbons (Fsp3) is 0.133. The third kappa shape index (κ3) is 2.96. The molecule has 0 fully saturated rings. The van der Waals surface area contributed by atoms with Crippen molar-refractivity contribution in [3.63, 3.8) is 0 Å². The van der Waals surface area contributed by atoms with Crippen molar-refractivity contribution in [3.8, 4) is 0 Å². The Labute approximate surface area is 110 Å². The SMILES string of the molecule is Cc1cccc(CC(=O)c2cc(Cl)ccc2F)c1. The van der Waals surface area contributed by atoms with E-state index in [0.717, 1.165) is 11.1 Å². The Kier molecular flexibility index (Phi) is 3.78. The summed E-state index contributed by atoms with van der Waals surface area (Å²) in [5.74, 6) is -0.794. The van der Waals surface area contributed by atoms with E-state index in [2.05, 4.69) is 0 Å². The highest BCUT2D eigenvalue weighted by Crippen LogP contribution is 2.17. The van der Waals surface area contributed by atoms with Crippen molar-refractivity contribution in [3.05, 3.63) is 70.0 Å². The van der Waals surface area contributed by atoms with Crippen molar-refractivity contribution in [1.29, 1.82) is 0 Å². The van der Waals surface area contributed by atoms with Crippen LogP contribution in [0.5, 0.6) is 0 Å². The molecule has 0 N–H and O–H groups in total. The molecule has 0 aliphatic heterocycles. The number of Topliss-reactive ketones (excluding diaryl/α,β-unsaturated/α-hetero) is 1. The predicted molar refractivity (Wildman–Crippen MR) is 70.6 cm³/mol. The minimum absolute atomic E-state index is 0.0454. The second-order valence-corrected chi connectivity index (χ2v) is 4.65. The summed E-state index contributed by atoms with van der Waals surface area (Å²) < 4.78 is 13.5. The lowest BCUT2D eigenvalue weighted by molar-refractivity contribution is 0.0989. The highest BCUT2D eigenvalue weighted by molar-refractivity contribution is 6.31. The van der Waals surface area contributed by atoms with Crippen molar-refractivity contribution in [2.24, 2.45) is 0 Å². The van der Waals surface area contributed by atoms with E-state index in [1.807, 2.05) is 31.2 Å². The molecule has 0 unspecified atom stereocenters. The zero-order valence-electron chi connectivity index (χ0n) is 9.91. The van der Waals surface area contributed by atoms with Crippen LogP contribution in [0, 0.1) is 12.7 Å². The average Bonchev–Trinajstić information content (AvgIpc) is 2.32. The van der Waals surface area contributed by atoms with Gasteiger partial charge in [0.15, 0.2) is 5.78 Å². The molecule has 0 bridgehead atoms. The first-order chi connectivity index (χ1) is 8.56. The summed E-state index contributed by atoms with van der Waals surface area (Å²) >= 11 is 5.77. The second kappa shape index (κ2) is 5.32. The van der Waals surface area contributed by atoms with Crippen LogP contribution in [0.15, 0.2) is 42.5 Å². The molecule has 2 rings (SSSR count). The molecule has 0 saturated heterocycles. The van der Waals surface area contributed by atoms with Crippen LogP contribution in [-0.2, 0) is 6.42 Å². The van der Waals surface area contributed by atoms with Crippen LogP contribution in [0.3, 0.4) is 0 Å². The smallest absolute Gasteiger partial charge is 0.170 e. The van der Waals surface area contributed by atoms with Crippen LogP contribution in [-0.4, -0.2) is 5.78 Å². The first kappa shape index (κ1) is 12.8. The minimum atomic E-state index is -0.531. The maximum absolute atomic E-state index is 13.5. The molecule has 0 spiro atoms. The molecule has 0 aromatic heterocycles. The van der Waals surface area contributed by atoms with Gasteiger partial charge in [0.1, 0.15) is 5.82 Å². The highest BCUT2D eigenvalue weighted by Gasteiger charge is 2.12. The molecule has 3 heteroatoms. The van der Waals surface area contributed by atoms with Crippen LogP contribution >= 0.6 is 11.6 Å². The first-order valence-electron chi connectivity index (χ1n) is 5.60. The van der Waals surface area contributed by atoms with E-state index in [9.17, 15) is 9.18 Å². The number of benzene rings is 2. The first-order valence-corrected chi connectivity index (χ1v) is 5.98. The van der Waals surface area contributed by atoms with E-state index in [1.165, 1.54) is 18.2 Å². The van der Waals surface area contributed by atoms with E-state index < -0.39 is 5.82 Å². The lowest BCUT2D eigenvalue weighted by Crippen LogP contribution is -2.06. The molecule has 1 nitrogen and oxygen atoms in total. The topological polar surface area (TPSA) is 17.1 Å². The maximum atomic E-state index is 13.5. The number of carbonyl (C=O) groups excluding carboxylic acids is 1. The van der Waals surface area contributed by atoms with Crippen molar-refractivity contribution >= 4 is 17.4 Å².